The summed E-state index contributed by atoms with van der Waals surface area (Å²) in [6, 6.07) is 26.4. The number of anilines is 1. The molecule has 0 aliphatic rings. The summed E-state index contributed by atoms with van der Waals surface area (Å²) >= 11 is 0. The summed E-state index contributed by atoms with van der Waals surface area (Å²) in [6.45, 7) is -0.276. The molecule has 3 aromatic carbocycles. The third kappa shape index (κ3) is 5.88. The SMILES string of the molecule is CN(CC(=O)Nc1ccc(-c2ccccc2)cc1)S(=O)(=O)/C=C/c1ccccc1. The first kappa shape index (κ1) is 20.5. The van der Waals surface area contributed by atoms with Crippen molar-refractivity contribution < 1.29 is 13.2 Å². The van der Waals surface area contributed by atoms with Gasteiger partial charge in [0.05, 0.1) is 6.54 Å². The van der Waals surface area contributed by atoms with E-state index in [1.165, 1.54) is 13.1 Å². The molecule has 0 heterocycles. The van der Waals surface area contributed by atoms with Crippen LogP contribution in [0.25, 0.3) is 17.2 Å². The van der Waals surface area contributed by atoms with Crippen LogP contribution in [0.5, 0.6) is 0 Å². The lowest BCUT2D eigenvalue weighted by molar-refractivity contribution is -0.116. The predicted octanol–water partition coefficient (Wildman–Crippen LogP) is 4.22. The number of amides is 1. The summed E-state index contributed by atoms with van der Waals surface area (Å²) in [6.07, 6.45) is 1.51. The summed E-state index contributed by atoms with van der Waals surface area (Å²) in [7, 11) is -2.32. The molecule has 0 bridgehead atoms. The zero-order chi connectivity index (χ0) is 20.7. The fourth-order valence-corrected chi connectivity index (χ4v) is 3.54. The molecule has 0 atom stereocenters. The van der Waals surface area contributed by atoms with Crippen molar-refractivity contribution in [3.63, 3.8) is 0 Å². The minimum Gasteiger partial charge on any atom is -0.325 e. The molecule has 3 aromatic rings. The molecular formula is C23H22N2O3S. The Labute approximate surface area is 171 Å². The molecule has 29 heavy (non-hydrogen) atoms. The standard InChI is InChI=1S/C23H22N2O3S/c1-25(29(27,28)17-16-19-8-4-2-5-9-19)18-23(26)24-22-14-12-21(13-15-22)20-10-6-3-7-11-20/h2-17H,18H2,1H3,(H,24,26)/b17-16+. The average Bonchev–Trinajstić information content (AvgIpc) is 2.74. The van der Waals surface area contributed by atoms with Gasteiger partial charge in [-0.1, -0.05) is 72.8 Å². The smallest absolute Gasteiger partial charge is 0.239 e. The van der Waals surface area contributed by atoms with E-state index in [-0.39, 0.29) is 6.54 Å². The Hall–Kier alpha value is -3.22. The third-order valence-corrected chi connectivity index (χ3v) is 5.79. The first-order valence-corrected chi connectivity index (χ1v) is 10.6. The highest BCUT2D eigenvalue weighted by Crippen LogP contribution is 2.21. The van der Waals surface area contributed by atoms with E-state index in [4.69, 9.17) is 0 Å². The molecule has 0 aliphatic heterocycles. The number of nitrogens with zero attached hydrogens (tertiary/aromatic N) is 1. The van der Waals surface area contributed by atoms with E-state index < -0.39 is 15.9 Å². The molecule has 5 nitrogen and oxygen atoms in total. The van der Waals surface area contributed by atoms with Crippen molar-refractivity contribution in [3.8, 4) is 11.1 Å². The maximum absolute atomic E-state index is 12.4. The minimum atomic E-state index is -3.70. The van der Waals surface area contributed by atoms with Crippen molar-refractivity contribution in [2.24, 2.45) is 0 Å². The fourth-order valence-electron chi connectivity index (χ4n) is 2.70. The number of carbonyl (C=O) groups is 1. The summed E-state index contributed by atoms with van der Waals surface area (Å²) in [5, 5.41) is 3.83. The van der Waals surface area contributed by atoms with Gasteiger partial charge in [-0.3, -0.25) is 4.79 Å². The quantitative estimate of drug-likeness (QED) is 0.639. The molecule has 148 valence electrons. The van der Waals surface area contributed by atoms with Crippen molar-refractivity contribution in [1.82, 2.24) is 4.31 Å². The van der Waals surface area contributed by atoms with Crippen molar-refractivity contribution >= 4 is 27.7 Å². The summed E-state index contributed by atoms with van der Waals surface area (Å²) < 4.78 is 25.7. The van der Waals surface area contributed by atoms with E-state index in [9.17, 15) is 13.2 Å². The van der Waals surface area contributed by atoms with Crippen LogP contribution in [0.2, 0.25) is 0 Å². The molecule has 0 fully saturated rings. The van der Waals surface area contributed by atoms with E-state index in [0.29, 0.717) is 5.69 Å². The van der Waals surface area contributed by atoms with E-state index >= 15 is 0 Å². The van der Waals surface area contributed by atoms with Crippen LogP contribution < -0.4 is 5.32 Å². The lowest BCUT2D eigenvalue weighted by Gasteiger charge is -2.14. The molecule has 0 saturated heterocycles. The molecule has 0 radical (unpaired) electrons. The largest absolute Gasteiger partial charge is 0.325 e. The van der Waals surface area contributed by atoms with Crippen LogP contribution in [-0.2, 0) is 14.8 Å². The van der Waals surface area contributed by atoms with Gasteiger partial charge in [0.1, 0.15) is 0 Å². The highest BCUT2D eigenvalue weighted by atomic mass is 32.2. The number of hydrogen-bond acceptors (Lipinski definition) is 3. The number of nitrogens with one attached hydrogen (secondary N) is 1. The highest BCUT2D eigenvalue weighted by Gasteiger charge is 2.17. The van der Waals surface area contributed by atoms with Gasteiger partial charge in [-0.2, -0.15) is 4.31 Å². The van der Waals surface area contributed by atoms with Gasteiger partial charge in [0, 0.05) is 18.1 Å². The van der Waals surface area contributed by atoms with Crippen molar-refractivity contribution in [2.45, 2.75) is 0 Å². The number of rotatable bonds is 7. The van der Waals surface area contributed by atoms with E-state index in [2.05, 4.69) is 5.32 Å². The number of carbonyl (C=O) groups excluding carboxylic acids is 1. The van der Waals surface area contributed by atoms with Crippen molar-refractivity contribution in [2.75, 3.05) is 18.9 Å². The van der Waals surface area contributed by atoms with E-state index in [1.807, 2.05) is 60.7 Å². The normalized spacial score (nSPS) is 11.7. The minimum absolute atomic E-state index is 0.276. The highest BCUT2D eigenvalue weighted by molar-refractivity contribution is 7.92. The van der Waals surface area contributed by atoms with Gasteiger partial charge in [-0.25, -0.2) is 8.42 Å². The molecule has 0 saturated carbocycles. The Morgan fingerprint density at radius 3 is 2.03 bits per heavy atom. The lowest BCUT2D eigenvalue weighted by atomic mass is 10.1. The molecule has 1 amide bonds. The molecule has 0 aromatic heterocycles. The van der Waals surface area contributed by atoms with Gasteiger partial charge in [0.25, 0.3) is 0 Å². The van der Waals surface area contributed by atoms with Crippen LogP contribution >= 0.6 is 0 Å². The Morgan fingerprint density at radius 1 is 0.862 bits per heavy atom. The van der Waals surface area contributed by atoms with Gasteiger partial charge in [0.15, 0.2) is 0 Å². The van der Waals surface area contributed by atoms with Gasteiger partial charge >= 0.3 is 0 Å². The van der Waals surface area contributed by atoms with Gasteiger partial charge in [-0.15, -0.1) is 0 Å². The fraction of sp³-hybridized carbons (Fsp3) is 0.0870. The number of hydrogen-bond donors (Lipinski definition) is 1. The Bertz CT molecular complexity index is 1080. The maximum Gasteiger partial charge on any atom is 0.239 e. The molecule has 3 rings (SSSR count). The third-order valence-electron chi connectivity index (χ3n) is 4.31. The molecule has 0 spiro atoms. The van der Waals surface area contributed by atoms with Crippen LogP contribution in [-0.4, -0.2) is 32.2 Å². The maximum atomic E-state index is 12.4. The van der Waals surface area contributed by atoms with Crippen LogP contribution in [0.3, 0.4) is 0 Å². The first-order valence-electron chi connectivity index (χ1n) is 9.09. The first-order chi connectivity index (χ1) is 13.9. The zero-order valence-corrected chi connectivity index (χ0v) is 16.8. The number of likely N-dealkylation sites (N-methyl/N-ethyl adjacent to an activating group) is 1. The average molecular weight is 407 g/mol. The second-order valence-electron chi connectivity index (χ2n) is 6.51. The number of sulfonamides is 1. The van der Waals surface area contributed by atoms with Gasteiger partial charge < -0.3 is 5.32 Å². The van der Waals surface area contributed by atoms with Crippen LogP contribution in [0, 0.1) is 0 Å². The van der Waals surface area contributed by atoms with Crippen LogP contribution in [0.1, 0.15) is 5.56 Å². The molecule has 0 aliphatic carbocycles. The molecule has 1 N–H and O–H groups in total. The van der Waals surface area contributed by atoms with Crippen LogP contribution in [0.15, 0.2) is 90.3 Å². The molecule has 6 heteroatoms. The van der Waals surface area contributed by atoms with Gasteiger partial charge in [0.2, 0.25) is 15.9 Å². The Morgan fingerprint density at radius 2 is 1.41 bits per heavy atom. The molecule has 0 unspecified atom stereocenters. The van der Waals surface area contributed by atoms with Crippen molar-refractivity contribution in [1.29, 1.82) is 0 Å². The zero-order valence-electron chi connectivity index (χ0n) is 16.0. The van der Waals surface area contributed by atoms with E-state index in [0.717, 1.165) is 26.4 Å². The summed E-state index contributed by atoms with van der Waals surface area (Å²) in [5.41, 5.74) is 3.50. The second kappa shape index (κ2) is 9.32. The Balaban J connectivity index is 1.59. The number of benzene rings is 3. The van der Waals surface area contributed by atoms with E-state index in [1.54, 1.807) is 24.3 Å². The van der Waals surface area contributed by atoms with Crippen LogP contribution in [0.4, 0.5) is 5.69 Å². The monoisotopic (exact) mass is 406 g/mol. The molecular weight excluding hydrogens is 384 g/mol. The van der Waals surface area contributed by atoms with Gasteiger partial charge in [-0.05, 0) is 34.9 Å². The Kier molecular flexibility index (Phi) is 6.59. The summed E-state index contributed by atoms with van der Waals surface area (Å²) in [5.74, 6) is -0.406. The predicted molar refractivity (Wildman–Crippen MR) is 118 cm³/mol. The topological polar surface area (TPSA) is 66.5 Å². The summed E-state index contributed by atoms with van der Waals surface area (Å²) in [4.78, 5) is 12.3. The lowest BCUT2D eigenvalue weighted by Crippen LogP contribution is -2.33. The van der Waals surface area contributed by atoms with Crippen molar-refractivity contribution in [3.05, 3.63) is 95.9 Å². The second-order valence-corrected chi connectivity index (χ2v) is 8.43.